The first kappa shape index (κ1) is 27.0. The largest absolute Gasteiger partial charge is 0.458 e. The van der Waals surface area contributed by atoms with E-state index in [9.17, 15) is 14.4 Å². The zero-order valence-corrected chi connectivity index (χ0v) is 19.1. The zero-order chi connectivity index (χ0) is 22.8. The molecule has 0 radical (unpaired) electrons. The molecule has 30 heavy (non-hydrogen) atoms. The molecule has 0 aromatic heterocycles. The van der Waals surface area contributed by atoms with Gasteiger partial charge >= 0.3 is 135 Å². The Kier molecular flexibility index (Phi) is 11.5. The van der Waals surface area contributed by atoms with Crippen molar-refractivity contribution in [1.29, 1.82) is 0 Å². The number of esters is 2. The summed E-state index contributed by atoms with van der Waals surface area (Å²) in [6, 6.07) is -0.774. The van der Waals surface area contributed by atoms with E-state index in [1.165, 1.54) is 25.6 Å². The van der Waals surface area contributed by atoms with Gasteiger partial charge in [0.1, 0.15) is 12.7 Å². The van der Waals surface area contributed by atoms with Crippen LogP contribution in [0.15, 0.2) is 0 Å². The molecule has 1 saturated carbocycles. The number of hydrogen-bond donors (Lipinski definition) is 5. The van der Waals surface area contributed by atoms with Crippen LogP contribution in [0.1, 0.15) is 33.1 Å². The molecule has 0 aromatic rings. The third-order valence-corrected chi connectivity index (χ3v) is 6.39. The summed E-state index contributed by atoms with van der Waals surface area (Å²) in [4.78, 5) is 61.2. The summed E-state index contributed by atoms with van der Waals surface area (Å²) in [5, 5.41) is 2.89. The van der Waals surface area contributed by atoms with Crippen LogP contribution in [-0.2, 0) is 28.6 Å². The van der Waals surface area contributed by atoms with Crippen LogP contribution in [0.2, 0.25) is 0 Å². The Bertz CT molecular complexity index is 584. The van der Waals surface area contributed by atoms with Gasteiger partial charge in [-0.25, -0.2) is 0 Å². The molecule has 0 saturated heterocycles. The number of carbonyl (C=O) groups is 3. The number of carbonyl (C=O) groups excluding carboxylic acids is 3. The number of hydrogen-bond acceptors (Lipinski definition) is 11. The maximum absolute atomic E-state index is 12.3. The standard InChI is InChI=1S/C17H33N2O9PS/c1-12(20)27-8-14(28-13(2)21)9-30-10-15(18)16(22)19-17(4-5-17)11-26-6-3-7-29(23,24)25/h14-15,23-25,29H,3-11,18H2,1-2H3,(H,19,22)/t14-,15+/m1/s1. The summed E-state index contributed by atoms with van der Waals surface area (Å²) in [6.07, 6.45) is 1.11. The molecule has 13 heteroatoms. The first-order valence-corrected chi connectivity index (χ1v) is 12.8. The molecular formula is C17H33N2O9PS. The molecule has 11 nitrogen and oxygen atoms in total. The van der Waals surface area contributed by atoms with Gasteiger partial charge in [-0.2, -0.15) is 0 Å². The van der Waals surface area contributed by atoms with Gasteiger partial charge in [-0.05, 0) is 0 Å². The van der Waals surface area contributed by atoms with Gasteiger partial charge in [0.2, 0.25) is 0 Å². The minimum absolute atomic E-state index is 0.0593. The Morgan fingerprint density at radius 2 is 1.83 bits per heavy atom. The van der Waals surface area contributed by atoms with Crippen molar-refractivity contribution in [2.24, 2.45) is 5.73 Å². The van der Waals surface area contributed by atoms with Gasteiger partial charge < -0.3 is 9.47 Å². The molecule has 1 aliphatic carbocycles. The molecule has 0 aliphatic heterocycles. The summed E-state index contributed by atoms with van der Waals surface area (Å²) in [6.45, 7) is 2.99. The third-order valence-electron chi connectivity index (χ3n) is 4.16. The zero-order valence-electron chi connectivity index (χ0n) is 17.3. The summed E-state index contributed by atoms with van der Waals surface area (Å²) >= 11 is 1.31. The first-order chi connectivity index (χ1) is 13.9. The second kappa shape index (κ2) is 12.7. The van der Waals surface area contributed by atoms with Crippen LogP contribution < -0.4 is 11.1 Å². The van der Waals surface area contributed by atoms with Crippen LogP contribution in [-0.4, -0.2) is 87.7 Å². The van der Waals surface area contributed by atoms with Gasteiger partial charge in [-0.3, -0.25) is 9.59 Å². The molecule has 1 amide bonds. The van der Waals surface area contributed by atoms with E-state index in [0.29, 0.717) is 12.2 Å². The molecule has 0 aromatic carbocycles. The Morgan fingerprint density at radius 1 is 1.17 bits per heavy atom. The molecule has 1 fully saturated rings. The quantitative estimate of drug-likeness (QED) is 0.113. The van der Waals surface area contributed by atoms with Gasteiger partial charge in [0.15, 0.2) is 0 Å². The molecule has 0 bridgehead atoms. The summed E-state index contributed by atoms with van der Waals surface area (Å²) < 4.78 is 15.4. The number of nitrogens with one attached hydrogen (secondary N) is 1. The van der Waals surface area contributed by atoms with Crippen LogP contribution in [0.4, 0.5) is 0 Å². The molecular weight excluding hydrogens is 439 g/mol. The molecule has 0 heterocycles. The van der Waals surface area contributed by atoms with Crippen molar-refractivity contribution in [1.82, 2.24) is 5.32 Å². The first-order valence-electron chi connectivity index (χ1n) is 9.63. The monoisotopic (exact) mass is 472 g/mol. The van der Waals surface area contributed by atoms with Gasteiger partial charge in [0.25, 0.3) is 0 Å². The van der Waals surface area contributed by atoms with Crippen LogP contribution in [0, 0.1) is 0 Å². The van der Waals surface area contributed by atoms with Gasteiger partial charge in [-0.15, -0.1) is 0 Å². The van der Waals surface area contributed by atoms with Gasteiger partial charge in [-0.1, -0.05) is 0 Å². The van der Waals surface area contributed by atoms with Crippen LogP contribution in [0.3, 0.4) is 0 Å². The van der Waals surface area contributed by atoms with Crippen molar-refractivity contribution in [2.45, 2.75) is 50.8 Å². The summed E-state index contributed by atoms with van der Waals surface area (Å²) in [7, 11) is -4.04. The predicted octanol–water partition coefficient (Wildman–Crippen LogP) is -0.931. The van der Waals surface area contributed by atoms with E-state index in [1.54, 1.807) is 0 Å². The molecule has 1 rings (SSSR count). The Labute approximate surface area is 180 Å². The van der Waals surface area contributed by atoms with Crippen molar-refractivity contribution in [3.8, 4) is 0 Å². The number of rotatable bonds is 15. The number of nitrogens with two attached hydrogens (primary N) is 1. The molecule has 0 unspecified atom stereocenters. The second-order valence-corrected chi connectivity index (χ2v) is 10.5. The Balaban J connectivity index is 2.29. The molecule has 1 aliphatic rings. The van der Waals surface area contributed by atoms with Crippen molar-refractivity contribution in [2.75, 3.05) is 37.5 Å². The summed E-state index contributed by atoms with van der Waals surface area (Å²) in [5.74, 6) is -0.671. The number of thioether (sulfide) groups is 1. The fourth-order valence-corrected chi connectivity index (χ4v) is 4.04. The minimum atomic E-state index is -4.04. The SMILES string of the molecule is CC(=O)OC[C@H](CSC[C@H](N)C(=O)NC1(COCCC[PH](O)(O)O)CC1)OC(C)=O. The third kappa shape index (κ3) is 12.6. The molecule has 176 valence electrons. The van der Waals surface area contributed by atoms with E-state index in [-0.39, 0.29) is 37.6 Å². The van der Waals surface area contributed by atoms with Gasteiger partial charge in [0, 0.05) is 13.8 Å². The van der Waals surface area contributed by atoms with E-state index in [4.69, 9.17) is 34.6 Å². The average molecular weight is 472 g/mol. The molecule has 6 N–H and O–H groups in total. The van der Waals surface area contributed by atoms with Crippen LogP contribution in [0.25, 0.3) is 0 Å². The minimum Gasteiger partial charge on any atom is -0.458 e. The van der Waals surface area contributed by atoms with E-state index in [0.717, 1.165) is 12.8 Å². The normalized spacial score (nSPS) is 17.5. The van der Waals surface area contributed by atoms with Crippen molar-refractivity contribution in [3.63, 3.8) is 0 Å². The summed E-state index contributed by atoms with van der Waals surface area (Å²) in [5.41, 5.74) is 5.48. The smallest absolute Gasteiger partial charge is 0.303 e. The number of amides is 1. The topological polar surface area (TPSA) is 178 Å². The maximum atomic E-state index is 12.3. The van der Waals surface area contributed by atoms with Crippen molar-refractivity contribution in [3.05, 3.63) is 0 Å². The average Bonchev–Trinajstić information content (AvgIpc) is 3.37. The van der Waals surface area contributed by atoms with Crippen LogP contribution >= 0.6 is 19.7 Å². The molecule has 0 spiro atoms. The van der Waals surface area contributed by atoms with E-state index >= 15 is 0 Å². The van der Waals surface area contributed by atoms with E-state index in [1.807, 2.05) is 0 Å². The van der Waals surface area contributed by atoms with E-state index < -0.39 is 37.6 Å². The maximum Gasteiger partial charge on any atom is 0.303 e. The number of ether oxygens (including phenoxy) is 3. The van der Waals surface area contributed by atoms with Crippen molar-refractivity contribution < 1.29 is 43.3 Å². The second-order valence-electron chi connectivity index (χ2n) is 7.38. The fourth-order valence-electron chi connectivity index (χ4n) is 2.45. The predicted molar refractivity (Wildman–Crippen MR) is 113 cm³/mol. The van der Waals surface area contributed by atoms with Gasteiger partial charge in [0.05, 0.1) is 0 Å². The van der Waals surface area contributed by atoms with Crippen LogP contribution in [0.5, 0.6) is 0 Å². The van der Waals surface area contributed by atoms with E-state index in [2.05, 4.69) is 5.32 Å². The molecule has 2 atom stereocenters. The Hall–Kier alpha value is -1.01. The fraction of sp³-hybridized carbons (Fsp3) is 0.824. The Morgan fingerprint density at radius 3 is 2.37 bits per heavy atom. The van der Waals surface area contributed by atoms with Crippen molar-refractivity contribution >= 4 is 37.6 Å².